The van der Waals surface area contributed by atoms with Crippen LogP contribution in [0.5, 0.6) is 11.5 Å². The van der Waals surface area contributed by atoms with Gasteiger partial charge < -0.3 is 24.6 Å². The summed E-state index contributed by atoms with van der Waals surface area (Å²) in [5.74, 6) is -0.139. The molecule has 1 aliphatic heterocycles. The van der Waals surface area contributed by atoms with E-state index < -0.39 is 18.0 Å². The second-order valence-electron chi connectivity index (χ2n) is 8.12. The smallest absolute Gasteiger partial charge is 0.331 e. The van der Waals surface area contributed by atoms with E-state index in [-0.39, 0.29) is 6.61 Å². The van der Waals surface area contributed by atoms with Crippen LogP contribution in [0, 0.1) is 0 Å². The quantitative estimate of drug-likeness (QED) is 0.436. The van der Waals surface area contributed by atoms with E-state index in [4.69, 9.17) is 19.3 Å². The number of aliphatic carboxylic acids is 1. The van der Waals surface area contributed by atoms with E-state index in [1.165, 1.54) is 5.56 Å². The molecule has 2 atom stereocenters. The second-order valence-corrected chi connectivity index (χ2v) is 8.12. The molecule has 2 aromatic rings. The summed E-state index contributed by atoms with van der Waals surface area (Å²) in [5.41, 5.74) is 2.40. The molecule has 1 fully saturated rings. The van der Waals surface area contributed by atoms with Crippen molar-refractivity contribution in [2.24, 2.45) is 0 Å². The second kappa shape index (κ2) is 10.3. The molecular formula is C25H27NO6. The van der Waals surface area contributed by atoms with Crippen LogP contribution < -0.4 is 14.8 Å². The summed E-state index contributed by atoms with van der Waals surface area (Å²) in [6.45, 7) is 1.21. The Hall–Kier alpha value is -3.32. The summed E-state index contributed by atoms with van der Waals surface area (Å²) in [7, 11) is 0. The Bertz CT molecular complexity index is 970. The van der Waals surface area contributed by atoms with Crippen molar-refractivity contribution < 1.29 is 28.9 Å². The number of benzene rings is 2. The van der Waals surface area contributed by atoms with Gasteiger partial charge in [-0.15, -0.1) is 0 Å². The van der Waals surface area contributed by atoms with Crippen molar-refractivity contribution in [3.63, 3.8) is 0 Å². The molecule has 2 unspecified atom stereocenters. The van der Waals surface area contributed by atoms with Crippen molar-refractivity contribution >= 4 is 11.9 Å². The van der Waals surface area contributed by atoms with Crippen LogP contribution in [-0.4, -0.2) is 48.9 Å². The fraction of sp³-hybridized carbons (Fsp3) is 0.360. The Kier molecular flexibility index (Phi) is 7.07. The summed E-state index contributed by atoms with van der Waals surface area (Å²) >= 11 is 0. The number of carbonyl (C=O) groups is 2. The highest BCUT2D eigenvalue weighted by molar-refractivity contribution is 5.90. The number of nitrogens with one attached hydrogen (secondary N) is 1. The minimum atomic E-state index is -1.20. The topological polar surface area (TPSA) is 94.1 Å². The monoisotopic (exact) mass is 437 g/mol. The molecule has 0 spiro atoms. The Balaban J connectivity index is 1.34. The molecule has 0 amide bonds. The molecule has 32 heavy (non-hydrogen) atoms. The van der Waals surface area contributed by atoms with Gasteiger partial charge in [0, 0.05) is 36.7 Å². The van der Waals surface area contributed by atoms with E-state index in [0.717, 1.165) is 42.7 Å². The fourth-order valence-electron chi connectivity index (χ4n) is 3.63. The summed E-state index contributed by atoms with van der Waals surface area (Å²) < 4.78 is 17.3. The van der Waals surface area contributed by atoms with E-state index in [0.29, 0.717) is 30.9 Å². The Morgan fingerprint density at radius 3 is 2.72 bits per heavy atom. The Morgan fingerprint density at radius 1 is 1.16 bits per heavy atom. The number of hydrogen-bond donors (Lipinski definition) is 2. The van der Waals surface area contributed by atoms with Crippen molar-refractivity contribution in [3.8, 4) is 11.5 Å². The van der Waals surface area contributed by atoms with Gasteiger partial charge in [0.15, 0.2) is 0 Å². The number of fused-ring (bicyclic) bond motifs is 1. The average molecular weight is 437 g/mol. The maximum atomic E-state index is 11.9. The van der Waals surface area contributed by atoms with Gasteiger partial charge in [0.1, 0.15) is 24.2 Å². The molecule has 2 aromatic carbocycles. The lowest BCUT2D eigenvalue weighted by atomic mass is 9.90. The third-order valence-electron chi connectivity index (χ3n) is 5.51. The number of carboxylic acid groups (broad SMARTS) is 1. The van der Waals surface area contributed by atoms with E-state index in [1.807, 2.05) is 36.4 Å². The van der Waals surface area contributed by atoms with Gasteiger partial charge in [-0.05, 0) is 36.5 Å². The van der Waals surface area contributed by atoms with Crippen molar-refractivity contribution in [2.45, 2.75) is 37.3 Å². The molecular weight excluding hydrogens is 410 g/mol. The maximum absolute atomic E-state index is 11.9. The predicted molar refractivity (Wildman–Crippen MR) is 118 cm³/mol. The first-order valence-corrected chi connectivity index (χ1v) is 10.9. The highest BCUT2D eigenvalue weighted by Gasteiger charge is 2.24. The van der Waals surface area contributed by atoms with Crippen LogP contribution in [0.1, 0.15) is 29.9 Å². The SMILES string of the molecule is O=C(O)/C=C\C(=O)OC(CNC1CC1)COc1ccc2c(c1)OCC(c1ccccc1)C2. The van der Waals surface area contributed by atoms with Crippen molar-refractivity contribution in [1.82, 2.24) is 5.32 Å². The van der Waals surface area contributed by atoms with Gasteiger partial charge in [0.05, 0.1) is 6.61 Å². The molecule has 2 N–H and O–H groups in total. The zero-order valence-electron chi connectivity index (χ0n) is 17.7. The summed E-state index contributed by atoms with van der Waals surface area (Å²) in [6, 6.07) is 16.6. The Morgan fingerprint density at radius 2 is 1.97 bits per heavy atom. The van der Waals surface area contributed by atoms with E-state index in [1.54, 1.807) is 0 Å². The number of rotatable bonds is 10. The Labute approximate surface area is 187 Å². The fourth-order valence-corrected chi connectivity index (χ4v) is 3.63. The summed E-state index contributed by atoms with van der Waals surface area (Å²) in [4.78, 5) is 22.5. The average Bonchev–Trinajstić information content (AvgIpc) is 3.64. The summed E-state index contributed by atoms with van der Waals surface area (Å²) in [6.07, 6.45) is 4.24. The standard InChI is InChI=1S/C25H27NO6/c27-24(28)10-11-25(29)32-22(14-26-20-7-8-20)16-30-21-9-6-18-12-19(15-31-23(18)13-21)17-4-2-1-3-5-17/h1-6,9-11,13,19-20,22,26H,7-8,12,14-16H2,(H,27,28)/b11-10-. The van der Waals surface area contributed by atoms with Crippen molar-refractivity contribution in [2.75, 3.05) is 19.8 Å². The van der Waals surface area contributed by atoms with Gasteiger partial charge >= 0.3 is 11.9 Å². The number of ether oxygens (including phenoxy) is 3. The minimum Gasteiger partial charge on any atom is -0.493 e. The molecule has 7 nitrogen and oxygen atoms in total. The molecule has 7 heteroatoms. The summed E-state index contributed by atoms with van der Waals surface area (Å²) in [5, 5.41) is 12.0. The molecule has 1 saturated carbocycles. The third kappa shape index (κ3) is 6.34. The first kappa shape index (κ1) is 21.9. The van der Waals surface area contributed by atoms with Crippen LogP contribution in [0.2, 0.25) is 0 Å². The molecule has 0 aromatic heterocycles. The van der Waals surface area contributed by atoms with Crippen LogP contribution in [-0.2, 0) is 20.7 Å². The van der Waals surface area contributed by atoms with Crippen LogP contribution in [0.3, 0.4) is 0 Å². The number of esters is 1. The van der Waals surface area contributed by atoms with Crippen LogP contribution in [0.15, 0.2) is 60.7 Å². The largest absolute Gasteiger partial charge is 0.493 e. The van der Waals surface area contributed by atoms with Gasteiger partial charge in [-0.3, -0.25) is 0 Å². The van der Waals surface area contributed by atoms with Crippen molar-refractivity contribution in [1.29, 1.82) is 0 Å². The van der Waals surface area contributed by atoms with Gasteiger partial charge in [-0.2, -0.15) is 0 Å². The molecule has 0 saturated heterocycles. The highest BCUT2D eigenvalue weighted by Crippen LogP contribution is 2.34. The molecule has 0 radical (unpaired) electrons. The molecule has 1 aliphatic carbocycles. The van der Waals surface area contributed by atoms with Crippen LogP contribution >= 0.6 is 0 Å². The maximum Gasteiger partial charge on any atom is 0.331 e. The number of carbonyl (C=O) groups excluding carboxylic acids is 1. The number of carboxylic acids is 1. The zero-order valence-corrected chi connectivity index (χ0v) is 17.7. The van der Waals surface area contributed by atoms with Gasteiger partial charge in [-0.25, -0.2) is 9.59 Å². The van der Waals surface area contributed by atoms with Gasteiger partial charge in [0.25, 0.3) is 0 Å². The first-order chi connectivity index (χ1) is 15.6. The van der Waals surface area contributed by atoms with E-state index in [9.17, 15) is 9.59 Å². The predicted octanol–water partition coefficient (Wildman–Crippen LogP) is 3.09. The highest BCUT2D eigenvalue weighted by atomic mass is 16.6. The molecule has 2 aliphatic rings. The van der Waals surface area contributed by atoms with Gasteiger partial charge in [-0.1, -0.05) is 36.4 Å². The van der Waals surface area contributed by atoms with Crippen LogP contribution in [0.4, 0.5) is 0 Å². The first-order valence-electron chi connectivity index (χ1n) is 10.9. The molecule has 0 bridgehead atoms. The minimum absolute atomic E-state index is 0.151. The lowest BCUT2D eigenvalue weighted by Gasteiger charge is -2.26. The lowest BCUT2D eigenvalue weighted by Crippen LogP contribution is -2.36. The van der Waals surface area contributed by atoms with Crippen LogP contribution in [0.25, 0.3) is 0 Å². The molecule has 4 rings (SSSR count). The number of hydrogen-bond acceptors (Lipinski definition) is 6. The molecule has 1 heterocycles. The van der Waals surface area contributed by atoms with Gasteiger partial charge in [0.2, 0.25) is 0 Å². The third-order valence-corrected chi connectivity index (χ3v) is 5.51. The van der Waals surface area contributed by atoms with E-state index in [2.05, 4.69) is 17.4 Å². The molecule has 168 valence electrons. The normalized spacial score (nSPS) is 18.4. The van der Waals surface area contributed by atoms with Crippen molar-refractivity contribution in [3.05, 3.63) is 71.8 Å². The zero-order chi connectivity index (χ0) is 22.3. The van der Waals surface area contributed by atoms with E-state index >= 15 is 0 Å². The lowest BCUT2D eigenvalue weighted by molar-refractivity contribution is -0.144.